The van der Waals surface area contributed by atoms with Crippen molar-refractivity contribution >= 4 is 17.0 Å². The molecule has 3 rings (SSSR count). The molecule has 3 N–H and O–H groups in total. The fraction of sp³-hybridized carbons (Fsp3) is 0.526. The first-order chi connectivity index (χ1) is 11.9. The zero-order valence-electron chi connectivity index (χ0n) is 15.0. The van der Waals surface area contributed by atoms with Crippen LogP contribution < -0.4 is 15.4 Å². The van der Waals surface area contributed by atoms with Gasteiger partial charge < -0.3 is 24.9 Å². The van der Waals surface area contributed by atoms with Gasteiger partial charge in [-0.05, 0) is 44.9 Å². The van der Waals surface area contributed by atoms with E-state index in [1.54, 1.807) is 7.11 Å². The fourth-order valence-corrected chi connectivity index (χ4v) is 3.53. The summed E-state index contributed by atoms with van der Waals surface area (Å²) in [6.45, 7) is 4.13. The number of aryl methyl sites for hydroxylation is 1. The molecule has 0 saturated heterocycles. The first-order valence-corrected chi connectivity index (χ1v) is 8.76. The Morgan fingerprint density at radius 3 is 2.80 bits per heavy atom. The van der Waals surface area contributed by atoms with Crippen molar-refractivity contribution in [2.24, 2.45) is 0 Å². The molecular formula is C19H26N2O4. The molecule has 0 bridgehead atoms. The number of urea groups is 1. The van der Waals surface area contributed by atoms with E-state index in [9.17, 15) is 9.90 Å². The van der Waals surface area contributed by atoms with Crippen LogP contribution in [0.15, 0.2) is 22.6 Å². The third-order valence-corrected chi connectivity index (χ3v) is 5.03. The number of rotatable bonds is 5. The molecule has 25 heavy (non-hydrogen) atoms. The molecule has 6 heteroatoms. The summed E-state index contributed by atoms with van der Waals surface area (Å²) in [6.07, 6.45) is 3.51. The highest BCUT2D eigenvalue weighted by atomic mass is 16.5. The SMILES string of the molecule is COc1ccc2oc(C(C)NC(=O)NCC3(O)CCCC3)c(C)c2c1. The van der Waals surface area contributed by atoms with Gasteiger partial charge in [0.15, 0.2) is 0 Å². The standard InChI is InChI=1S/C19H26N2O4/c1-12-15-10-14(24-3)6-7-16(15)25-17(12)13(2)21-18(22)20-11-19(23)8-4-5-9-19/h6-7,10,13,23H,4-5,8-9,11H2,1-3H3,(H2,20,21,22). The predicted octanol–water partition coefficient (Wildman–Crippen LogP) is 3.42. The van der Waals surface area contributed by atoms with E-state index in [1.807, 2.05) is 32.0 Å². The third-order valence-electron chi connectivity index (χ3n) is 5.03. The molecule has 1 fully saturated rings. The first kappa shape index (κ1) is 17.6. The van der Waals surface area contributed by atoms with Crippen molar-refractivity contribution in [2.45, 2.75) is 51.2 Å². The fourth-order valence-electron chi connectivity index (χ4n) is 3.53. The highest BCUT2D eigenvalue weighted by Gasteiger charge is 2.31. The molecule has 0 spiro atoms. The number of hydrogen-bond donors (Lipinski definition) is 3. The minimum Gasteiger partial charge on any atom is -0.497 e. The largest absolute Gasteiger partial charge is 0.497 e. The quantitative estimate of drug-likeness (QED) is 0.774. The lowest BCUT2D eigenvalue weighted by molar-refractivity contribution is 0.0500. The molecule has 0 radical (unpaired) electrons. The molecule has 1 aromatic heterocycles. The lowest BCUT2D eigenvalue weighted by Gasteiger charge is -2.23. The van der Waals surface area contributed by atoms with E-state index >= 15 is 0 Å². The molecule has 1 saturated carbocycles. The van der Waals surface area contributed by atoms with Gasteiger partial charge in [-0.15, -0.1) is 0 Å². The Morgan fingerprint density at radius 2 is 2.12 bits per heavy atom. The van der Waals surface area contributed by atoms with E-state index in [1.165, 1.54) is 0 Å². The summed E-state index contributed by atoms with van der Waals surface area (Å²) in [6, 6.07) is 5.07. The van der Waals surface area contributed by atoms with Crippen molar-refractivity contribution in [3.63, 3.8) is 0 Å². The summed E-state index contributed by atoms with van der Waals surface area (Å²) in [7, 11) is 1.63. The van der Waals surface area contributed by atoms with Gasteiger partial charge in [-0.2, -0.15) is 0 Å². The van der Waals surface area contributed by atoms with Gasteiger partial charge in [-0.3, -0.25) is 0 Å². The minimum atomic E-state index is -0.758. The van der Waals surface area contributed by atoms with Crippen LogP contribution in [0.1, 0.15) is 50.0 Å². The van der Waals surface area contributed by atoms with Crippen LogP contribution in [0.2, 0.25) is 0 Å². The number of benzene rings is 1. The maximum Gasteiger partial charge on any atom is 0.315 e. The van der Waals surface area contributed by atoms with E-state index in [4.69, 9.17) is 9.15 Å². The lowest BCUT2D eigenvalue weighted by Crippen LogP contribution is -2.45. The molecule has 2 amide bonds. The number of nitrogens with one attached hydrogen (secondary N) is 2. The Bertz CT molecular complexity index is 762. The van der Waals surface area contributed by atoms with Crippen LogP contribution in [0.25, 0.3) is 11.0 Å². The summed E-state index contributed by atoms with van der Waals surface area (Å²) >= 11 is 0. The van der Waals surface area contributed by atoms with Gasteiger partial charge in [0, 0.05) is 17.5 Å². The van der Waals surface area contributed by atoms with Crippen molar-refractivity contribution in [2.75, 3.05) is 13.7 Å². The minimum absolute atomic E-state index is 0.280. The van der Waals surface area contributed by atoms with Gasteiger partial charge in [0.05, 0.1) is 18.8 Å². The third kappa shape index (κ3) is 3.74. The number of ether oxygens (including phenoxy) is 1. The van der Waals surface area contributed by atoms with Gasteiger partial charge in [0.2, 0.25) is 0 Å². The molecule has 1 aliphatic rings. The van der Waals surface area contributed by atoms with Crippen LogP contribution in [0.4, 0.5) is 4.79 Å². The second-order valence-electron chi connectivity index (χ2n) is 6.93. The highest BCUT2D eigenvalue weighted by Crippen LogP contribution is 2.32. The first-order valence-electron chi connectivity index (χ1n) is 8.76. The second-order valence-corrected chi connectivity index (χ2v) is 6.93. The molecule has 1 aliphatic carbocycles. The number of carbonyl (C=O) groups excluding carboxylic acids is 1. The Morgan fingerprint density at radius 1 is 1.40 bits per heavy atom. The number of amides is 2. The number of hydrogen-bond acceptors (Lipinski definition) is 4. The zero-order valence-corrected chi connectivity index (χ0v) is 15.0. The molecule has 1 aromatic carbocycles. The molecule has 6 nitrogen and oxygen atoms in total. The lowest BCUT2D eigenvalue weighted by atomic mass is 10.0. The maximum absolute atomic E-state index is 12.2. The van der Waals surface area contributed by atoms with Crippen molar-refractivity contribution in [1.82, 2.24) is 10.6 Å². The predicted molar refractivity (Wildman–Crippen MR) is 95.9 cm³/mol. The van der Waals surface area contributed by atoms with Crippen molar-refractivity contribution < 1.29 is 19.1 Å². The van der Waals surface area contributed by atoms with Crippen LogP contribution in [-0.4, -0.2) is 30.4 Å². The van der Waals surface area contributed by atoms with Crippen LogP contribution in [0.5, 0.6) is 5.75 Å². The molecule has 1 atom stereocenters. The monoisotopic (exact) mass is 346 g/mol. The average Bonchev–Trinajstić information content (AvgIpc) is 3.17. The molecule has 2 aromatic rings. The molecule has 1 heterocycles. The average molecular weight is 346 g/mol. The summed E-state index contributed by atoms with van der Waals surface area (Å²) in [5.41, 5.74) is 0.991. The van der Waals surface area contributed by atoms with E-state index in [0.29, 0.717) is 0 Å². The molecule has 136 valence electrons. The highest BCUT2D eigenvalue weighted by molar-refractivity contribution is 5.84. The van der Waals surface area contributed by atoms with Crippen LogP contribution in [0, 0.1) is 6.92 Å². The van der Waals surface area contributed by atoms with E-state index in [0.717, 1.165) is 53.7 Å². The van der Waals surface area contributed by atoms with Crippen LogP contribution >= 0.6 is 0 Å². The normalized spacial score (nSPS) is 17.4. The van der Waals surface area contributed by atoms with Crippen molar-refractivity contribution in [3.8, 4) is 5.75 Å². The number of furan rings is 1. The smallest absolute Gasteiger partial charge is 0.315 e. The van der Waals surface area contributed by atoms with Gasteiger partial charge in [0.25, 0.3) is 0 Å². The molecule has 1 unspecified atom stereocenters. The Balaban J connectivity index is 1.66. The molecule has 0 aliphatic heterocycles. The zero-order chi connectivity index (χ0) is 18.0. The van der Waals surface area contributed by atoms with Gasteiger partial charge >= 0.3 is 6.03 Å². The number of fused-ring (bicyclic) bond motifs is 1. The van der Waals surface area contributed by atoms with Gasteiger partial charge in [-0.25, -0.2) is 4.79 Å². The topological polar surface area (TPSA) is 83.7 Å². The van der Waals surface area contributed by atoms with Crippen LogP contribution in [0.3, 0.4) is 0 Å². The number of carbonyl (C=O) groups is 1. The van der Waals surface area contributed by atoms with Crippen molar-refractivity contribution in [1.29, 1.82) is 0 Å². The van der Waals surface area contributed by atoms with E-state index in [2.05, 4.69) is 10.6 Å². The van der Waals surface area contributed by atoms with Crippen LogP contribution in [-0.2, 0) is 0 Å². The Kier molecular flexibility index (Phi) is 4.90. The molecular weight excluding hydrogens is 320 g/mol. The van der Waals surface area contributed by atoms with Crippen molar-refractivity contribution in [3.05, 3.63) is 29.5 Å². The Labute approximate surface area is 147 Å². The van der Waals surface area contributed by atoms with Gasteiger partial charge in [0.1, 0.15) is 17.1 Å². The van der Waals surface area contributed by atoms with E-state index in [-0.39, 0.29) is 18.6 Å². The number of aliphatic hydroxyl groups is 1. The second kappa shape index (κ2) is 6.96. The summed E-state index contributed by atoms with van der Waals surface area (Å²) in [5, 5.41) is 16.9. The van der Waals surface area contributed by atoms with E-state index < -0.39 is 5.60 Å². The summed E-state index contributed by atoms with van der Waals surface area (Å²) < 4.78 is 11.2. The number of methoxy groups -OCH3 is 1. The Hall–Kier alpha value is -2.21. The summed E-state index contributed by atoms with van der Waals surface area (Å²) in [4.78, 5) is 12.2. The maximum atomic E-state index is 12.2. The summed E-state index contributed by atoms with van der Waals surface area (Å²) in [5.74, 6) is 1.49. The van der Waals surface area contributed by atoms with Gasteiger partial charge in [-0.1, -0.05) is 12.8 Å².